The summed E-state index contributed by atoms with van der Waals surface area (Å²) in [7, 11) is 0. The maximum Gasteiger partial charge on any atom is 0.342 e. The first-order valence-electron chi connectivity index (χ1n) is 7.71. The van der Waals surface area contributed by atoms with Crippen LogP contribution in [0.5, 0.6) is 11.5 Å². The Morgan fingerprint density at radius 1 is 1.12 bits per heavy atom. The molecule has 0 aliphatic rings. The molecule has 130 valence electrons. The number of ether oxygens (including phenoxy) is 1. The number of aromatic hydroxyl groups is 2. The summed E-state index contributed by atoms with van der Waals surface area (Å²) in [4.78, 5) is 16.8. The Labute approximate surface area is 156 Å². The van der Waals surface area contributed by atoms with E-state index in [0.717, 1.165) is 10.6 Å². The van der Waals surface area contributed by atoms with Crippen molar-refractivity contribution in [2.24, 2.45) is 0 Å². The molecule has 0 amide bonds. The summed E-state index contributed by atoms with van der Waals surface area (Å²) in [5.41, 5.74) is 1.60. The number of rotatable bonds is 4. The molecule has 0 aliphatic heterocycles. The highest BCUT2D eigenvalue weighted by Crippen LogP contribution is 2.35. The summed E-state index contributed by atoms with van der Waals surface area (Å²) in [5, 5.41) is 28.0. The van der Waals surface area contributed by atoms with E-state index in [1.54, 1.807) is 35.6 Å². The lowest BCUT2D eigenvalue weighted by atomic mass is 10.0. The van der Waals surface area contributed by atoms with Crippen molar-refractivity contribution in [1.29, 1.82) is 0 Å². The van der Waals surface area contributed by atoms with Gasteiger partial charge in [0.2, 0.25) is 0 Å². The van der Waals surface area contributed by atoms with Crippen LogP contribution >= 0.6 is 22.7 Å². The third-order valence-corrected chi connectivity index (χ3v) is 5.51. The van der Waals surface area contributed by atoms with Crippen LogP contribution in [0.4, 0.5) is 0 Å². The van der Waals surface area contributed by atoms with Crippen LogP contribution in [0.1, 0.15) is 16.1 Å². The Kier molecular flexibility index (Phi) is 4.32. The summed E-state index contributed by atoms with van der Waals surface area (Å²) in [6, 6.07) is 9.97. The Morgan fingerprint density at radius 3 is 2.69 bits per heavy atom. The van der Waals surface area contributed by atoms with E-state index >= 15 is 0 Å². The van der Waals surface area contributed by atoms with E-state index in [2.05, 4.69) is 4.98 Å². The normalized spacial score (nSPS) is 10.9. The van der Waals surface area contributed by atoms with Crippen LogP contribution in [0.3, 0.4) is 0 Å². The van der Waals surface area contributed by atoms with Crippen LogP contribution < -0.4 is 0 Å². The van der Waals surface area contributed by atoms with Gasteiger partial charge in [0, 0.05) is 27.1 Å². The zero-order valence-corrected chi connectivity index (χ0v) is 15.0. The number of fused-ring (bicyclic) bond motifs is 1. The minimum atomic E-state index is -0.714. The van der Waals surface area contributed by atoms with Gasteiger partial charge in [0.15, 0.2) is 0 Å². The van der Waals surface area contributed by atoms with E-state index < -0.39 is 5.97 Å². The third kappa shape index (κ3) is 3.02. The number of thiazole rings is 1. The van der Waals surface area contributed by atoms with Crippen LogP contribution in [0, 0.1) is 0 Å². The summed E-state index contributed by atoms with van der Waals surface area (Å²) in [6.45, 7) is -0.00744. The van der Waals surface area contributed by atoms with Crippen molar-refractivity contribution in [3.63, 3.8) is 0 Å². The van der Waals surface area contributed by atoms with Crippen LogP contribution in [0.25, 0.3) is 21.3 Å². The Hall–Kier alpha value is -2.90. The fourth-order valence-electron chi connectivity index (χ4n) is 2.61. The first-order valence-corrected chi connectivity index (χ1v) is 9.53. The molecule has 2 heterocycles. The molecule has 0 spiro atoms. The number of carbonyl (C=O) groups is 1. The van der Waals surface area contributed by atoms with Gasteiger partial charge < -0.3 is 14.9 Å². The third-order valence-electron chi connectivity index (χ3n) is 3.89. The SMILES string of the molecule is O=C(OCc1csc(-c2ccsc2)n1)c1cc(O)c2ccccc2c1O. The molecule has 0 unspecified atom stereocenters. The lowest BCUT2D eigenvalue weighted by molar-refractivity contribution is 0.0465. The highest BCUT2D eigenvalue weighted by atomic mass is 32.1. The van der Waals surface area contributed by atoms with Crippen molar-refractivity contribution in [1.82, 2.24) is 4.98 Å². The van der Waals surface area contributed by atoms with Crippen LogP contribution in [-0.2, 0) is 11.3 Å². The molecule has 2 aromatic carbocycles. The second-order valence-electron chi connectivity index (χ2n) is 5.57. The first kappa shape index (κ1) is 16.6. The predicted octanol–water partition coefficient (Wildman–Crippen LogP) is 4.79. The first-order chi connectivity index (χ1) is 12.6. The van der Waals surface area contributed by atoms with Crippen LogP contribution in [-0.4, -0.2) is 21.2 Å². The molecule has 0 atom stereocenters. The average Bonchev–Trinajstić information content (AvgIpc) is 3.34. The molecule has 4 aromatic rings. The minimum absolute atomic E-state index is 0.00744. The van der Waals surface area contributed by atoms with Gasteiger partial charge in [-0.1, -0.05) is 24.3 Å². The molecule has 0 bridgehead atoms. The number of hydrogen-bond donors (Lipinski definition) is 2. The van der Waals surface area contributed by atoms with Gasteiger partial charge in [-0.3, -0.25) is 0 Å². The summed E-state index contributed by atoms with van der Waals surface area (Å²) in [5.74, 6) is -1.01. The van der Waals surface area contributed by atoms with E-state index in [0.29, 0.717) is 16.5 Å². The van der Waals surface area contributed by atoms with Crippen molar-refractivity contribution in [3.05, 3.63) is 63.8 Å². The fraction of sp³-hybridized carbons (Fsp3) is 0.0526. The van der Waals surface area contributed by atoms with Crippen molar-refractivity contribution in [2.45, 2.75) is 6.61 Å². The zero-order valence-electron chi connectivity index (χ0n) is 13.4. The Bertz CT molecular complexity index is 1090. The number of benzene rings is 2. The number of phenolic OH excluding ortho intramolecular Hbond substituents is 2. The highest BCUT2D eigenvalue weighted by Gasteiger charge is 2.18. The monoisotopic (exact) mass is 383 g/mol. The molecule has 0 saturated carbocycles. The zero-order chi connectivity index (χ0) is 18.1. The number of phenols is 2. The van der Waals surface area contributed by atoms with Gasteiger partial charge in [-0.25, -0.2) is 9.78 Å². The molecular weight excluding hydrogens is 370 g/mol. The highest BCUT2D eigenvalue weighted by molar-refractivity contribution is 7.14. The van der Waals surface area contributed by atoms with Gasteiger partial charge in [-0.2, -0.15) is 11.3 Å². The van der Waals surface area contributed by atoms with E-state index in [9.17, 15) is 15.0 Å². The number of esters is 1. The topological polar surface area (TPSA) is 79.7 Å². The smallest absolute Gasteiger partial charge is 0.342 e. The average molecular weight is 383 g/mol. The molecular formula is C19H13NO4S2. The molecule has 2 aromatic heterocycles. The largest absolute Gasteiger partial charge is 0.507 e. The van der Waals surface area contributed by atoms with Gasteiger partial charge in [-0.05, 0) is 17.5 Å². The van der Waals surface area contributed by atoms with E-state index in [4.69, 9.17) is 4.74 Å². The van der Waals surface area contributed by atoms with Gasteiger partial charge >= 0.3 is 5.97 Å². The van der Waals surface area contributed by atoms with Gasteiger partial charge in [-0.15, -0.1) is 11.3 Å². The Morgan fingerprint density at radius 2 is 1.92 bits per heavy atom. The van der Waals surface area contributed by atoms with Crippen molar-refractivity contribution >= 4 is 39.4 Å². The number of nitrogens with zero attached hydrogens (tertiary/aromatic N) is 1. The van der Waals surface area contributed by atoms with Gasteiger partial charge in [0.05, 0.1) is 5.69 Å². The van der Waals surface area contributed by atoms with Crippen LogP contribution in [0.15, 0.2) is 52.5 Å². The second kappa shape index (κ2) is 6.78. The lowest BCUT2D eigenvalue weighted by Gasteiger charge is -2.09. The Balaban J connectivity index is 1.54. The number of carbonyl (C=O) groups excluding carboxylic acids is 1. The van der Waals surface area contributed by atoms with E-state index in [1.165, 1.54) is 17.4 Å². The molecule has 7 heteroatoms. The second-order valence-corrected chi connectivity index (χ2v) is 7.21. The number of hydrogen-bond acceptors (Lipinski definition) is 7. The molecule has 0 saturated heterocycles. The predicted molar refractivity (Wildman–Crippen MR) is 102 cm³/mol. The number of thiophene rings is 1. The van der Waals surface area contributed by atoms with Crippen LogP contribution in [0.2, 0.25) is 0 Å². The van der Waals surface area contributed by atoms with Crippen molar-refractivity contribution < 1.29 is 19.7 Å². The van der Waals surface area contributed by atoms with Crippen molar-refractivity contribution in [3.8, 4) is 22.1 Å². The van der Waals surface area contributed by atoms with Crippen molar-refractivity contribution in [2.75, 3.05) is 0 Å². The fourth-order valence-corrected chi connectivity index (χ4v) is 4.12. The van der Waals surface area contributed by atoms with E-state index in [1.807, 2.05) is 22.2 Å². The summed E-state index contributed by atoms with van der Waals surface area (Å²) in [6.07, 6.45) is 0. The summed E-state index contributed by atoms with van der Waals surface area (Å²) < 4.78 is 5.27. The quantitative estimate of drug-likeness (QED) is 0.391. The molecule has 0 radical (unpaired) electrons. The summed E-state index contributed by atoms with van der Waals surface area (Å²) >= 11 is 3.07. The maximum atomic E-state index is 12.4. The molecule has 0 fully saturated rings. The van der Waals surface area contributed by atoms with Gasteiger partial charge in [0.25, 0.3) is 0 Å². The van der Waals surface area contributed by atoms with Gasteiger partial charge in [0.1, 0.15) is 28.7 Å². The molecule has 0 aliphatic carbocycles. The minimum Gasteiger partial charge on any atom is -0.507 e. The maximum absolute atomic E-state index is 12.4. The van der Waals surface area contributed by atoms with E-state index in [-0.39, 0.29) is 23.7 Å². The standard InChI is InChI=1S/C19H13NO4S2/c21-16-7-15(17(22)14-4-2-1-3-13(14)16)19(23)24-8-12-10-26-18(20-12)11-5-6-25-9-11/h1-7,9-10,21-22H,8H2. The lowest BCUT2D eigenvalue weighted by Crippen LogP contribution is -2.06. The molecule has 5 nitrogen and oxygen atoms in total. The molecule has 2 N–H and O–H groups in total. The molecule has 26 heavy (non-hydrogen) atoms. The number of aromatic nitrogens is 1. The molecule has 4 rings (SSSR count).